The smallest absolute Gasteiger partial charge is 0.406 e. The monoisotopic (exact) mass is 460 g/mol. The zero-order chi connectivity index (χ0) is 23.8. The zero-order valence-corrected chi connectivity index (χ0v) is 17.5. The maximum atomic E-state index is 13.9. The van der Waals surface area contributed by atoms with E-state index in [-0.39, 0.29) is 23.6 Å². The van der Waals surface area contributed by atoms with Crippen LogP contribution >= 0.6 is 0 Å². The predicted octanol–water partition coefficient (Wildman–Crippen LogP) is 4.88. The van der Waals surface area contributed by atoms with Crippen LogP contribution in [0, 0.1) is 17.7 Å². The Morgan fingerprint density at radius 3 is 2.64 bits per heavy atom. The summed E-state index contributed by atoms with van der Waals surface area (Å²) in [6, 6.07) is 12.4. The van der Waals surface area contributed by atoms with Crippen LogP contribution in [0.4, 0.5) is 23.4 Å². The Hall–Kier alpha value is -3.82. The van der Waals surface area contributed by atoms with Gasteiger partial charge in [-0.25, -0.2) is 9.07 Å². The molecule has 172 valence electrons. The molecular formula is C23H20F4N4O2. The van der Waals surface area contributed by atoms with Gasteiger partial charge in [-0.05, 0) is 30.3 Å². The second-order valence-electron chi connectivity index (χ2n) is 7.67. The largest absolute Gasteiger partial charge is 0.573 e. The lowest BCUT2D eigenvalue weighted by Gasteiger charge is -2.12. The van der Waals surface area contributed by atoms with Crippen molar-refractivity contribution in [3.05, 3.63) is 72.7 Å². The molecule has 0 bridgehead atoms. The molecule has 2 heterocycles. The summed E-state index contributed by atoms with van der Waals surface area (Å²) in [5, 5.41) is 10.2. The number of aromatic nitrogens is 2. The molecule has 0 radical (unpaired) electrons. The van der Waals surface area contributed by atoms with E-state index in [4.69, 9.17) is 0 Å². The molecule has 1 saturated heterocycles. The summed E-state index contributed by atoms with van der Waals surface area (Å²) in [5.74, 6) is -1.47. The average Bonchev–Trinajstić information content (AvgIpc) is 3.30. The van der Waals surface area contributed by atoms with Gasteiger partial charge in [0.25, 0.3) is 0 Å². The summed E-state index contributed by atoms with van der Waals surface area (Å²) < 4.78 is 57.3. The highest BCUT2D eigenvalue weighted by Gasteiger charge is 2.33. The number of hydrogen-bond acceptors (Lipinski definition) is 4. The van der Waals surface area contributed by atoms with Crippen LogP contribution in [0.3, 0.4) is 0 Å². The molecule has 6 nitrogen and oxygen atoms in total. The van der Waals surface area contributed by atoms with Gasteiger partial charge in [-0.2, -0.15) is 0 Å². The van der Waals surface area contributed by atoms with E-state index in [9.17, 15) is 22.4 Å². The quantitative estimate of drug-likeness (QED) is 0.533. The fourth-order valence-corrected chi connectivity index (χ4v) is 3.67. The summed E-state index contributed by atoms with van der Waals surface area (Å²) in [7, 11) is 0. The second-order valence-corrected chi connectivity index (χ2v) is 7.67. The molecule has 2 atom stereocenters. The standard InChI is InChI=1S/C23H20F4N4O2/c1-13-14(2)28-12-19(13)22(32)29-21-11-20(31(30-21)17-7-4-6-16(24)10-17)15-5-3-8-18(9-15)33-23(25,26)27/h3-11,13,19,28H,2,12H2,1H3,(H,29,30,32)/t13-,19-/m0/s1. The minimum Gasteiger partial charge on any atom is -0.406 e. The van der Waals surface area contributed by atoms with Crippen LogP contribution in [0.5, 0.6) is 5.75 Å². The van der Waals surface area contributed by atoms with Crippen LogP contribution in [-0.4, -0.2) is 28.6 Å². The van der Waals surface area contributed by atoms with Gasteiger partial charge in [-0.15, -0.1) is 18.3 Å². The maximum absolute atomic E-state index is 13.9. The SMILES string of the molecule is C=C1NC[C@H](C(=O)Nc2cc(-c3cccc(OC(F)(F)F)c3)n(-c3cccc(F)c3)n2)[C@H]1C. The van der Waals surface area contributed by atoms with Gasteiger partial charge >= 0.3 is 6.36 Å². The summed E-state index contributed by atoms with van der Waals surface area (Å²) in [5.41, 5.74) is 1.77. The number of hydrogen-bond donors (Lipinski definition) is 2. The molecule has 4 rings (SSSR count). The molecule has 1 aromatic heterocycles. The lowest BCUT2D eigenvalue weighted by atomic mass is 9.95. The number of carbonyl (C=O) groups excluding carboxylic acids is 1. The lowest BCUT2D eigenvalue weighted by Crippen LogP contribution is -2.28. The molecule has 1 aliphatic heterocycles. The molecule has 1 amide bonds. The van der Waals surface area contributed by atoms with Crippen LogP contribution in [0.15, 0.2) is 66.9 Å². The van der Waals surface area contributed by atoms with Gasteiger partial charge in [0.1, 0.15) is 11.6 Å². The number of benzene rings is 2. The van der Waals surface area contributed by atoms with Gasteiger partial charge in [0, 0.05) is 29.8 Å². The Kier molecular flexibility index (Phi) is 5.84. The van der Waals surface area contributed by atoms with Gasteiger partial charge in [0.2, 0.25) is 5.91 Å². The van der Waals surface area contributed by atoms with E-state index in [2.05, 4.69) is 27.0 Å². The van der Waals surface area contributed by atoms with Crippen LogP contribution in [0.25, 0.3) is 16.9 Å². The molecule has 10 heteroatoms. The normalized spacial score (nSPS) is 18.2. The van der Waals surface area contributed by atoms with Crippen molar-refractivity contribution < 1.29 is 27.1 Å². The first kappa shape index (κ1) is 22.4. The number of nitrogens with zero attached hydrogens (tertiary/aromatic N) is 2. The number of amides is 1. The number of carbonyl (C=O) groups is 1. The number of halogens is 4. The van der Waals surface area contributed by atoms with Crippen molar-refractivity contribution in [2.75, 3.05) is 11.9 Å². The second kappa shape index (κ2) is 8.61. The first-order valence-electron chi connectivity index (χ1n) is 10.1. The number of rotatable bonds is 5. The molecule has 0 saturated carbocycles. The van der Waals surface area contributed by atoms with Gasteiger partial charge in [0.05, 0.1) is 17.3 Å². The van der Waals surface area contributed by atoms with Crippen molar-refractivity contribution in [1.82, 2.24) is 15.1 Å². The zero-order valence-electron chi connectivity index (χ0n) is 17.5. The maximum Gasteiger partial charge on any atom is 0.573 e. The summed E-state index contributed by atoms with van der Waals surface area (Å²) in [6.07, 6.45) is -4.85. The van der Waals surface area contributed by atoms with Gasteiger partial charge < -0.3 is 15.4 Å². The number of allylic oxidation sites excluding steroid dienone is 1. The van der Waals surface area contributed by atoms with Crippen LogP contribution in [0.2, 0.25) is 0 Å². The third-order valence-corrected chi connectivity index (χ3v) is 5.42. The Balaban J connectivity index is 1.71. The third-order valence-electron chi connectivity index (χ3n) is 5.42. The van der Waals surface area contributed by atoms with E-state index < -0.39 is 17.9 Å². The van der Waals surface area contributed by atoms with Crippen molar-refractivity contribution in [1.29, 1.82) is 0 Å². The Morgan fingerprint density at radius 1 is 1.21 bits per heavy atom. The topological polar surface area (TPSA) is 68.2 Å². The minimum absolute atomic E-state index is 0.0778. The highest BCUT2D eigenvalue weighted by Crippen LogP contribution is 2.32. The molecular weight excluding hydrogens is 440 g/mol. The summed E-state index contributed by atoms with van der Waals surface area (Å²) in [4.78, 5) is 12.8. The van der Waals surface area contributed by atoms with E-state index in [1.807, 2.05) is 6.92 Å². The van der Waals surface area contributed by atoms with Crippen molar-refractivity contribution in [2.24, 2.45) is 11.8 Å². The number of nitrogens with one attached hydrogen (secondary N) is 2. The number of anilines is 1. The van der Waals surface area contributed by atoms with E-state index in [1.165, 1.54) is 47.1 Å². The van der Waals surface area contributed by atoms with Gasteiger partial charge in [-0.3, -0.25) is 4.79 Å². The fraction of sp³-hybridized carbons (Fsp3) is 0.217. The molecule has 1 aliphatic rings. The van der Waals surface area contributed by atoms with E-state index in [1.54, 1.807) is 12.1 Å². The number of ether oxygens (including phenoxy) is 1. The Labute approximate surface area is 186 Å². The van der Waals surface area contributed by atoms with Crippen molar-refractivity contribution in [3.63, 3.8) is 0 Å². The predicted molar refractivity (Wildman–Crippen MR) is 114 cm³/mol. The van der Waals surface area contributed by atoms with E-state index in [0.717, 1.165) is 5.70 Å². The van der Waals surface area contributed by atoms with Crippen LogP contribution in [-0.2, 0) is 4.79 Å². The molecule has 0 unspecified atom stereocenters. The van der Waals surface area contributed by atoms with E-state index in [0.29, 0.717) is 23.5 Å². The molecule has 0 aliphatic carbocycles. The first-order valence-corrected chi connectivity index (χ1v) is 10.1. The third kappa shape index (κ3) is 5.00. The van der Waals surface area contributed by atoms with E-state index >= 15 is 0 Å². The van der Waals surface area contributed by atoms with Gasteiger partial charge in [0.15, 0.2) is 5.82 Å². The molecule has 1 fully saturated rings. The average molecular weight is 460 g/mol. The Bertz CT molecular complexity index is 1210. The summed E-state index contributed by atoms with van der Waals surface area (Å²) in [6.45, 7) is 6.19. The highest BCUT2D eigenvalue weighted by atomic mass is 19.4. The molecule has 3 aromatic rings. The Morgan fingerprint density at radius 2 is 1.97 bits per heavy atom. The van der Waals surface area contributed by atoms with Crippen LogP contribution < -0.4 is 15.4 Å². The molecule has 2 aromatic carbocycles. The molecule has 0 spiro atoms. The minimum atomic E-state index is -4.85. The number of alkyl halides is 3. The first-order chi connectivity index (χ1) is 15.6. The van der Waals surface area contributed by atoms with Crippen LogP contribution in [0.1, 0.15) is 6.92 Å². The van der Waals surface area contributed by atoms with Gasteiger partial charge in [-0.1, -0.05) is 31.7 Å². The van der Waals surface area contributed by atoms with Crippen molar-refractivity contribution in [2.45, 2.75) is 13.3 Å². The van der Waals surface area contributed by atoms with Crippen molar-refractivity contribution in [3.8, 4) is 22.7 Å². The van der Waals surface area contributed by atoms with Crippen molar-refractivity contribution >= 4 is 11.7 Å². The summed E-state index contributed by atoms with van der Waals surface area (Å²) >= 11 is 0. The highest BCUT2D eigenvalue weighted by molar-refractivity contribution is 5.93. The lowest BCUT2D eigenvalue weighted by molar-refractivity contribution is -0.274. The fourth-order valence-electron chi connectivity index (χ4n) is 3.67. The molecule has 2 N–H and O–H groups in total. The molecule has 33 heavy (non-hydrogen) atoms.